The second kappa shape index (κ2) is 9.27. The highest BCUT2D eigenvalue weighted by Crippen LogP contribution is 2.36. The largest absolute Gasteiger partial charge is 0.384 e. The van der Waals surface area contributed by atoms with Crippen molar-refractivity contribution in [2.24, 2.45) is 0 Å². The van der Waals surface area contributed by atoms with Crippen LogP contribution in [0.1, 0.15) is 29.5 Å². The molecule has 1 N–H and O–H groups in total. The van der Waals surface area contributed by atoms with E-state index in [1.54, 1.807) is 0 Å². The van der Waals surface area contributed by atoms with Gasteiger partial charge in [-0.1, -0.05) is 72.8 Å². The first kappa shape index (κ1) is 21.6. The van der Waals surface area contributed by atoms with Crippen LogP contribution >= 0.6 is 12.4 Å². The van der Waals surface area contributed by atoms with Crippen molar-refractivity contribution in [2.45, 2.75) is 31.5 Å². The van der Waals surface area contributed by atoms with Crippen LogP contribution in [0, 0.1) is 0 Å². The maximum atomic E-state index is 11.7. The second-order valence-electron chi connectivity index (χ2n) is 8.50. The van der Waals surface area contributed by atoms with Crippen molar-refractivity contribution in [3.63, 3.8) is 0 Å². The zero-order chi connectivity index (χ0) is 20.4. The number of aliphatic hydroxyl groups is 1. The van der Waals surface area contributed by atoms with Gasteiger partial charge in [-0.25, -0.2) is 0 Å². The van der Waals surface area contributed by atoms with Crippen molar-refractivity contribution in [3.8, 4) is 0 Å². The van der Waals surface area contributed by atoms with Crippen LogP contribution in [0.15, 0.2) is 91.1 Å². The predicted octanol–water partition coefficient (Wildman–Crippen LogP) is 5.60. The molecule has 1 aromatic heterocycles. The molecule has 160 valence electrons. The zero-order valence-corrected chi connectivity index (χ0v) is 18.5. The lowest BCUT2D eigenvalue weighted by atomic mass is 9.84. The molecule has 1 aliphatic rings. The third kappa shape index (κ3) is 4.54. The molecule has 1 fully saturated rings. The summed E-state index contributed by atoms with van der Waals surface area (Å²) in [6.07, 6.45) is 3.96. The van der Waals surface area contributed by atoms with Crippen LogP contribution in [0.25, 0.3) is 10.9 Å². The van der Waals surface area contributed by atoms with Crippen LogP contribution in [-0.4, -0.2) is 27.7 Å². The number of rotatable bonds is 5. The van der Waals surface area contributed by atoms with Crippen molar-refractivity contribution in [1.29, 1.82) is 0 Å². The number of halogens is 1. The first-order valence-electron chi connectivity index (χ1n) is 10.8. The van der Waals surface area contributed by atoms with Crippen LogP contribution in [-0.2, 0) is 18.7 Å². The van der Waals surface area contributed by atoms with Gasteiger partial charge < -0.3 is 9.67 Å². The fourth-order valence-corrected chi connectivity index (χ4v) is 4.87. The van der Waals surface area contributed by atoms with Crippen LogP contribution < -0.4 is 0 Å². The average Bonchev–Trinajstić information content (AvgIpc) is 3.18. The fourth-order valence-electron chi connectivity index (χ4n) is 4.87. The standard InChI is InChI=1S/C27H28N2O.ClH/c30-27(16-8-17-28(21-27)19-22-9-3-1-4-10-22)25-13-7-14-26-24(25)15-18-29(26)20-23-11-5-2-6-12-23;/h1-7,9-15,18,30H,8,16-17,19-21H2;1H. The van der Waals surface area contributed by atoms with Gasteiger partial charge in [0.05, 0.1) is 0 Å². The van der Waals surface area contributed by atoms with Crippen molar-refractivity contribution < 1.29 is 5.11 Å². The minimum atomic E-state index is -0.814. The average molecular weight is 433 g/mol. The molecular formula is C27H29ClN2O. The lowest BCUT2D eigenvalue weighted by Crippen LogP contribution is -2.45. The summed E-state index contributed by atoms with van der Waals surface area (Å²) in [6, 6.07) is 29.6. The SMILES string of the molecule is Cl.OC1(c2cccc3c2ccn3Cc2ccccc2)CCCN(Cc2ccccc2)C1. The summed E-state index contributed by atoms with van der Waals surface area (Å²) in [5.41, 5.74) is 4.01. The van der Waals surface area contributed by atoms with E-state index in [0.29, 0.717) is 6.54 Å². The van der Waals surface area contributed by atoms with Crippen LogP contribution in [0.2, 0.25) is 0 Å². The van der Waals surface area contributed by atoms with Gasteiger partial charge in [0.1, 0.15) is 5.60 Å². The minimum Gasteiger partial charge on any atom is -0.384 e. The molecule has 1 saturated heterocycles. The quantitative estimate of drug-likeness (QED) is 0.445. The Morgan fingerprint density at radius 1 is 0.774 bits per heavy atom. The van der Waals surface area contributed by atoms with Crippen LogP contribution in [0.4, 0.5) is 0 Å². The lowest BCUT2D eigenvalue weighted by molar-refractivity contribution is -0.0370. The van der Waals surface area contributed by atoms with Gasteiger partial charge in [-0.05, 0) is 48.2 Å². The molecule has 5 rings (SSSR count). The van der Waals surface area contributed by atoms with E-state index in [9.17, 15) is 5.11 Å². The monoisotopic (exact) mass is 432 g/mol. The van der Waals surface area contributed by atoms with Crippen molar-refractivity contribution >= 4 is 23.3 Å². The molecule has 0 bridgehead atoms. The summed E-state index contributed by atoms with van der Waals surface area (Å²) in [7, 11) is 0. The van der Waals surface area contributed by atoms with E-state index < -0.39 is 5.60 Å². The van der Waals surface area contributed by atoms with Gasteiger partial charge in [0.25, 0.3) is 0 Å². The number of nitrogens with zero attached hydrogens (tertiary/aromatic N) is 2. The van der Waals surface area contributed by atoms with Crippen molar-refractivity contribution in [3.05, 3.63) is 108 Å². The molecule has 4 aromatic rings. The Hall–Kier alpha value is -2.59. The van der Waals surface area contributed by atoms with E-state index in [4.69, 9.17) is 0 Å². The van der Waals surface area contributed by atoms with Gasteiger partial charge in [0, 0.05) is 36.7 Å². The fraction of sp³-hybridized carbons (Fsp3) is 0.259. The summed E-state index contributed by atoms with van der Waals surface area (Å²) < 4.78 is 2.28. The molecule has 1 aliphatic heterocycles. The molecule has 1 atom stereocenters. The minimum absolute atomic E-state index is 0. The predicted molar refractivity (Wildman–Crippen MR) is 130 cm³/mol. The smallest absolute Gasteiger partial charge is 0.103 e. The highest BCUT2D eigenvalue weighted by molar-refractivity contribution is 5.85. The number of likely N-dealkylation sites (tertiary alicyclic amines) is 1. The normalized spacial score (nSPS) is 19.3. The lowest BCUT2D eigenvalue weighted by Gasteiger charge is -2.40. The van der Waals surface area contributed by atoms with Crippen molar-refractivity contribution in [2.75, 3.05) is 13.1 Å². The molecule has 1 unspecified atom stereocenters. The molecule has 2 heterocycles. The molecule has 4 heteroatoms. The second-order valence-corrected chi connectivity index (χ2v) is 8.50. The van der Waals surface area contributed by atoms with Gasteiger partial charge in [-0.15, -0.1) is 12.4 Å². The highest BCUT2D eigenvalue weighted by atomic mass is 35.5. The molecule has 0 spiro atoms. The molecule has 0 radical (unpaired) electrons. The van der Waals surface area contributed by atoms with E-state index in [1.807, 2.05) is 0 Å². The van der Waals surface area contributed by atoms with Gasteiger partial charge in [-0.3, -0.25) is 4.90 Å². The molecule has 0 saturated carbocycles. The summed E-state index contributed by atoms with van der Waals surface area (Å²) in [6.45, 7) is 3.42. The number of hydrogen-bond acceptors (Lipinski definition) is 2. The van der Waals surface area contributed by atoms with Crippen LogP contribution in [0.5, 0.6) is 0 Å². The molecule has 0 amide bonds. The molecule has 3 aromatic carbocycles. The van der Waals surface area contributed by atoms with Gasteiger partial charge >= 0.3 is 0 Å². The Bertz CT molecular complexity index is 1130. The summed E-state index contributed by atoms with van der Waals surface area (Å²) >= 11 is 0. The maximum Gasteiger partial charge on any atom is 0.103 e. The number of piperidine rings is 1. The Morgan fingerprint density at radius 2 is 1.45 bits per heavy atom. The van der Waals surface area contributed by atoms with E-state index in [0.717, 1.165) is 43.4 Å². The van der Waals surface area contributed by atoms with Crippen LogP contribution in [0.3, 0.4) is 0 Å². The van der Waals surface area contributed by atoms with Crippen molar-refractivity contribution in [1.82, 2.24) is 9.47 Å². The summed E-state index contributed by atoms with van der Waals surface area (Å²) in [4.78, 5) is 2.39. The van der Waals surface area contributed by atoms with E-state index >= 15 is 0 Å². The molecule has 3 nitrogen and oxygen atoms in total. The molecule has 0 aliphatic carbocycles. The Kier molecular flexibility index (Phi) is 6.47. The first-order chi connectivity index (χ1) is 14.7. The number of aromatic nitrogens is 1. The first-order valence-corrected chi connectivity index (χ1v) is 10.8. The Morgan fingerprint density at radius 3 is 2.16 bits per heavy atom. The molecular weight excluding hydrogens is 404 g/mol. The highest BCUT2D eigenvalue weighted by Gasteiger charge is 2.36. The van der Waals surface area contributed by atoms with Gasteiger partial charge in [-0.2, -0.15) is 0 Å². The topological polar surface area (TPSA) is 28.4 Å². The van der Waals surface area contributed by atoms with E-state index in [2.05, 4.69) is 101 Å². The molecule has 31 heavy (non-hydrogen) atoms. The van der Waals surface area contributed by atoms with Gasteiger partial charge in [0.15, 0.2) is 0 Å². The summed E-state index contributed by atoms with van der Waals surface area (Å²) in [5, 5.41) is 12.9. The zero-order valence-electron chi connectivity index (χ0n) is 17.7. The van der Waals surface area contributed by atoms with Gasteiger partial charge in [0.2, 0.25) is 0 Å². The van der Waals surface area contributed by atoms with E-state index in [-0.39, 0.29) is 12.4 Å². The maximum absolute atomic E-state index is 11.7. The summed E-state index contributed by atoms with van der Waals surface area (Å²) in [5.74, 6) is 0. The number of fused-ring (bicyclic) bond motifs is 1. The van der Waals surface area contributed by atoms with E-state index in [1.165, 1.54) is 16.6 Å². The Balaban J connectivity index is 0.00000231. The third-order valence-electron chi connectivity index (χ3n) is 6.31. The number of benzene rings is 3. The third-order valence-corrected chi connectivity index (χ3v) is 6.31. The Labute approximate surface area is 190 Å². The number of hydrogen-bond donors (Lipinski definition) is 1. The number of β-amino-alcohol motifs (C(OH)–C–C–N with tert-alkyl or cyclic N) is 1.